The fourth-order valence-corrected chi connectivity index (χ4v) is 2.85. The molecule has 0 saturated heterocycles. The average Bonchev–Trinajstić information content (AvgIpc) is 2.43. The van der Waals surface area contributed by atoms with Crippen LogP contribution in [0.4, 0.5) is 4.79 Å². The molecule has 0 spiro atoms. The fourth-order valence-electron chi connectivity index (χ4n) is 1.98. The topological polar surface area (TPSA) is 68.3 Å². The molecule has 0 atom stereocenters. The number of rotatable bonds is 7. The van der Waals surface area contributed by atoms with Gasteiger partial charge in [0.2, 0.25) is 0 Å². The van der Waals surface area contributed by atoms with E-state index in [2.05, 4.69) is 31.1 Å². The second kappa shape index (κ2) is 9.22. The fraction of sp³-hybridized carbons (Fsp3) is 0.632. The quantitative estimate of drug-likeness (QED) is 0.424. The van der Waals surface area contributed by atoms with Crippen molar-refractivity contribution in [1.29, 1.82) is 0 Å². The number of hydrogen-bond acceptors (Lipinski definition) is 5. The third kappa shape index (κ3) is 10.1. The molecule has 0 unspecified atom stereocenters. The molecular weight excluding hydrogens is 336 g/mol. The van der Waals surface area contributed by atoms with Gasteiger partial charge in [-0.25, -0.2) is 9.78 Å². The molecule has 140 valence electrons. The van der Waals surface area contributed by atoms with Crippen molar-refractivity contribution in [2.45, 2.75) is 76.2 Å². The second-order valence-electron chi connectivity index (χ2n) is 7.91. The number of nitrogens with one attached hydrogen (secondary N) is 1. The first-order valence-corrected chi connectivity index (χ1v) is 9.43. The summed E-state index contributed by atoms with van der Waals surface area (Å²) >= 11 is 1.68. The maximum absolute atomic E-state index is 12.2. The SMILES string of the molecule is CC(C)(C)OC(=O)NCCCCC(=O)c1ccc(SC(C)(C)C)nc1. The van der Waals surface area contributed by atoms with Crippen molar-refractivity contribution in [3.8, 4) is 0 Å². The maximum atomic E-state index is 12.2. The first kappa shape index (κ1) is 21.5. The van der Waals surface area contributed by atoms with Gasteiger partial charge in [0.15, 0.2) is 5.78 Å². The minimum atomic E-state index is -0.496. The Hall–Kier alpha value is -1.56. The maximum Gasteiger partial charge on any atom is 0.407 e. The molecule has 25 heavy (non-hydrogen) atoms. The van der Waals surface area contributed by atoms with E-state index in [-0.39, 0.29) is 10.5 Å². The second-order valence-corrected chi connectivity index (χ2v) is 9.76. The third-order valence-electron chi connectivity index (χ3n) is 2.97. The number of hydrogen-bond donors (Lipinski definition) is 1. The third-order valence-corrected chi connectivity index (χ3v) is 4.03. The van der Waals surface area contributed by atoms with Crippen molar-refractivity contribution in [2.75, 3.05) is 6.54 Å². The molecule has 1 aromatic rings. The highest BCUT2D eigenvalue weighted by atomic mass is 32.2. The van der Waals surface area contributed by atoms with Gasteiger partial charge in [-0.1, -0.05) is 20.8 Å². The number of thioether (sulfide) groups is 1. The van der Waals surface area contributed by atoms with E-state index in [0.29, 0.717) is 24.9 Å². The molecule has 0 aliphatic rings. The summed E-state index contributed by atoms with van der Waals surface area (Å²) in [6.45, 7) is 12.4. The lowest BCUT2D eigenvalue weighted by atomic mass is 10.1. The first-order chi connectivity index (χ1) is 11.5. The number of ketones is 1. The van der Waals surface area contributed by atoms with Crippen molar-refractivity contribution >= 4 is 23.6 Å². The Kier molecular flexibility index (Phi) is 7.93. The number of Topliss-reactive ketones (excluding diaryl/α,β-unsaturated/α-hetero) is 1. The summed E-state index contributed by atoms with van der Waals surface area (Å²) in [7, 11) is 0. The van der Waals surface area contributed by atoms with Crippen LogP contribution >= 0.6 is 11.8 Å². The molecule has 0 saturated carbocycles. The Morgan fingerprint density at radius 3 is 2.32 bits per heavy atom. The van der Waals surface area contributed by atoms with Gasteiger partial charge in [-0.05, 0) is 45.7 Å². The summed E-state index contributed by atoms with van der Waals surface area (Å²) in [5.74, 6) is 0.0806. The van der Waals surface area contributed by atoms with Crippen LogP contribution in [-0.4, -0.2) is 33.8 Å². The minimum Gasteiger partial charge on any atom is -0.444 e. The van der Waals surface area contributed by atoms with Crippen LogP contribution in [0.1, 0.15) is 71.2 Å². The van der Waals surface area contributed by atoms with E-state index in [9.17, 15) is 9.59 Å². The lowest BCUT2D eigenvalue weighted by molar-refractivity contribution is 0.0527. The normalized spacial score (nSPS) is 11.9. The van der Waals surface area contributed by atoms with Crippen molar-refractivity contribution in [3.63, 3.8) is 0 Å². The van der Waals surface area contributed by atoms with Crippen LogP contribution in [0.15, 0.2) is 23.4 Å². The minimum absolute atomic E-state index is 0.0806. The molecule has 6 heteroatoms. The van der Waals surface area contributed by atoms with Crippen molar-refractivity contribution < 1.29 is 14.3 Å². The number of unbranched alkanes of at least 4 members (excludes halogenated alkanes) is 1. The van der Waals surface area contributed by atoms with E-state index in [1.165, 1.54) is 0 Å². The molecule has 1 rings (SSSR count). The molecule has 0 aliphatic carbocycles. The van der Waals surface area contributed by atoms with Gasteiger partial charge in [0.25, 0.3) is 0 Å². The van der Waals surface area contributed by atoms with Crippen LogP contribution < -0.4 is 5.32 Å². The van der Waals surface area contributed by atoms with Crippen LogP contribution in [0.2, 0.25) is 0 Å². The van der Waals surface area contributed by atoms with Crippen LogP contribution in [0.5, 0.6) is 0 Å². The highest BCUT2D eigenvalue weighted by Crippen LogP contribution is 2.30. The summed E-state index contributed by atoms with van der Waals surface area (Å²) < 4.78 is 5.25. The monoisotopic (exact) mass is 366 g/mol. The molecule has 5 nitrogen and oxygen atoms in total. The van der Waals surface area contributed by atoms with E-state index in [1.807, 2.05) is 32.9 Å². The molecule has 0 aliphatic heterocycles. The van der Waals surface area contributed by atoms with Gasteiger partial charge in [0.1, 0.15) is 5.60 Å². The predicted molar refractivity (Wildman–Crippen MR) is 102 cm³/mol. The molecule has 0 radical (unpaired) electrons. The van der Waals surface area contributed by atoms with Crippen LogP contribution in [-0.2, 0) is 4.74 Å². The van der Waals surface area contributed by atoms with Crippen molar-refractivity contribution in [2.24, 2.45) is 0 Å². The zero-order chi connectivity index (χ0) is 19.1. The van der Waals surface area contributed by atoms with Gasteiger partial charge in [0.05, 0.1) is 5.03 Å². The van der Waals surface area contributed by atoms with Gasteiger partial charge >= 0.3 is 6.09 Å². The van der Waals surface area contributed by atoms with E-state index in [0.717, 1.165) is 11.4 Å². The predicted octanol–water partition coefficient (Wildman–Crippen LogP) is 4.85. The molecular formula is C19H30N2O3S. The highest BCUT2D eigenvalue weighted by Gasteiger charge is 2.16. The van der Waals surface area contributed by atoms with Crippen LogP contribution in [0, 0.1) is 0 Å². The molecule has 0 fully saturated rings. The highest BCUT2D eigenvalue weighted by molar-refractivity contribution is 8.00. The largest absolute Gasteiger partial charge is 0.444 e. The molecule has 0 bridgehead atoms. The number of alkyl carbamates (subject to hydrolysis) is 1. The Balaban J connectivity index is 2.29. The Morgan fingerprint density at radius 1 is 1.12 bits per heavy atom. The average molecular weight is 367 g/mol. The smallest absolute Gasteiger partial charge is 0.407 e. The van der Waals surface area contributed by atoms with E-state index >= 15 is 0 Å². The Labute approximate surface area is 155 Å². The number of carbonyl (C=O) groups excluding carboxylic acids is 2. The standard InChI is InChI=1S/C19H30N2O3S/c1-18(2,3)24-17(23)20-12-8-7-9-15(22)14-10-11-16(21-13-14)25-19(4,5)6/h10-11,13H,7-9,12H2,1-6H3,(H,20,23). The van der Waals surface area contributed by atoms with Gasteiger partial charge in [-0.15, -0.1) is 11.8 Å². The van der Waals surface area contributed by atoms with Gasteiger partial charge < -0.3 is 10.1 Å². The van der Waals surface area contributed by atoms with Crippen molar-refractivity contribution in [3.05, 3.63) is 23.9 Å². The molecule has 1 N–H and O–H groups in total. The number of aromatic nitrogens is 1. The van der Waals surface area contributed by atoms with Crippen LogP contribution in [0.25, 0.3) is 0 Å². The lowest BCUT2D eigenvalue weighted by Gasteiger charge is -2.19. The number of pyridine rings is 1. The van der Waals surface area contributed by atoms with E-state index < -0.39 is 11.7 Å². The number of nitrogens with zero attached hydrogens (tertiary/aromatic N) is 1. The Morgan fingerprint density at radius 2 is 1.80 bits per heavy atom. The summed E-state index contributed by atoms with van der Waals surface area (Å²) in [5.41, 5.74) is 0.142. The zero-order valence-electron chi connectivity index (χ0n) is 16.1. The lowest BCUT2D eigenvalue weighted by Crippen LogP contribution is -2.33. The van der Waals surface area contributed by atoms with Gasteiger partial charge in [-0.2, -0.15) is 0 Å². The van der Waals surface area contributed by atoms with Crippen molar-refractivity contribution in [1.82, 2.24) is 10.3 Å². The molecule has 1 amide bonds. The zero-order valence-corrected chi connectivity index (χ0v) is 17.0. The van der Waals surface area contributed by atoms with Gasteiger partial charge in [0, 0.05) is 29.5 Å². The number of carbonyl (C=O) groups is 2. The van der Waals surface area contributed by atoms with E-state index in [4.69, 9.17) is 4.74 Å². The summed E-state index contributed by atoms with van der Waals surface area (Å²) in [5, 5.41) is 3.62. The molecule has 1 aromatic heterocycles. The summed E-state index contributed by atoms with van der Waals surface area (Å²) in [6.07, 6.45) is 3.12. The van der Waals surface area contributed by atoms with Gasteiger partial charge in [-0.3, -0.25) is 4.79 Å². The number of ether oxygens (including phenoxy) is 1. The Bertz CT molecular complexity index is 572. The van der Waals surface area contributed by atoms with E-state index in [1.54, 1.807) is 18.0 Å². The molecule has 1 heterocycles. The number of amides is 1. The molecule has 0 aromatic carbocycles. The summed E-state index contributed by atoms with van der Waals surface area (Å²) in [6, 6.07) is 3.73. The van der Waals surface area contributed by atoms with Crippen LogP contribution in [0.3, 0.4) is 0 Å². The summed E-state index contributed by atoms with van der Waals surface area (Å²) in [4.78, 5) is 28.0. The first-order valence-electron chi connectivity index (χ1n) is 8.61.